The van der Waals surface area contributed by atoms with E-state index in [9.17, 15) is 9.18 Å². The number of hydrogen-bond donors (Lipinski definition) is 1. The maximum Gasteiger partial charge on any atom is 0.273 e. The van der Waals surface area contributed by atoms with E-state index in [1.807, 2.05) is 26.2 Å². The summed E-state index contributed by atoms with van der Waals surface area (Å²) < 4.78 is 15.7. The summed E-state index contributed by atoms with van der Waals surface area (Å²) in [6, 6.07) is 11.4. The zero-order valence-electron chi connectivity index (χ0n) is 16.8. The predicted molar refractivity (Wildman–Crippen MR) is 113 cm³/mol. The second kappa shape index (κ2) is 8.27. The number of aromatic nitrogens is 6. The number of para-hydroxylation sites is 1. The molecule has 0 aliphatic heterocycles. The maximum atomic E-state index is 14.0. The molecule has 4 rings (SSSR count). The first-order valence-electron chi connectivity index (χ1n) is 9.44. The molecule has 0 saturated heterocycles. The highest BCUT2D eigenvalue weighted by Crippen LogP contribution is 2.30. The molecule has 1 N–H and O–H groups in total. The summed E-state index contributed by atoms with van der Waals surface area (Å²) in [5.41, 5.74) is 1.07. The van der Waals surface area contributed by atoms with Gasteiger partial charge in [0.1, 0.15) is 10.8 Å². The number of nitrogens with zero attached hydrogens (tertiary/aromatic N) is 6. The molecule has 1 aromatic carbocycles. The van der Waals surface area contributed by atoms with Crippen LogP contribution in [0.15, 0.2) is 61.1 Å². The minimum absolute atomic E-state index is 0.0656. The maximum absolute atomic E-state index is 14.0. The van der Waals surface area contributed by atoms with Crippen molar-refractivity contribution in [2.45, 2.75) is 12.3 Å². The van der Waals surface area contributed by atoms with Gasteiger partial charge in [0.15, 0.2) is 11.5 Å². The van der Waals surface area contributed by atoms with Crippen LogP contribution in [0.3, 0.4) is 0 Å². The zero-order chi connectivity index (χ0) is 22.0. The van der Waals surface area contributed by atoms with Gasteiger partial charge >= 0.3 is 0 Å². The summed E-state index contributed by atoms with van der Waals surface area (Å²) >= 11 is 6.10. The molecule has 1 unspecified atom stereocenters. The minimum atomic E-state index is -0.698. The van der Waals surface area contributed by atoms with Gasteiger partial charge in [-0.25, -0.2) is 9.37 Å². The van der Waals surface area contributed by atoms with E-state index in [4.69, 9.17) is 11.6 Å². The fourth-order valence-corrected chi connectivity index (χ4v) is 3.37. The van der Waals surface area contributed by atoms with Gasteiger partial charge in [0.05, 0.1) is 23.5 Å². The summed E-state index contributed by atoms with van der Waals surface area (Å²) in [5.74, 6) is -0.930. The van der Waals surface area contributed by atoms with Crippen molar-refractivity contribution in [2.75, 3.05) is 6.54 Å². The van der Waals surface area contributed by atoms with Gasteiger partial charge in [-0.1, -0.05) is 29.8 Å². The highest BCUT2D eigenvalue weighted by molar-refractivity contribution is 6.29. The molecule has 31 heavy (non-hydrogen) atoms. The Balaban J connectivity index is 1.58. The Morgan fingerprint density at radius 1 is 1.16 bits per heavy atom. The van der Waals surface area contributed by atoms with E-state index in [1.54, 1.807) is 35.1 Å². The SMILES string of the molecule is Cn1cc(C(C)(CNC(=O)c2cnn(-c3ccccc3F)n2)c2cccc(Cl)n2)cn1. The molecule has 0 bridgehead atoms. The third-order valence-electron chi connectivity index (χ3n) is 5.02. The average molecular weight is 440 g/mol. The zero-order valence-corrected chi connectivity index (χ0v) is 17.6. The van der Waals surface area contributed by atoms with Crippen molar-refractivity contribution in [1.29, 1.82) is 0 Å². The van der Waals surface area contributed by atoms with Crippen LogP contribution in [-0.4, -0.2) is 42.2 Å². The molecule has 3 heterocycles. The molecule has 3 aromatic heterocycles. The molecule has 4 aromatic rings. The van der Waals surface area contributed by atoms with Crippen molar-refractivity contribution in [2.24, 2.45) is 7.05 Å². The van der Waals surface area contributed by atoms with E-state index in [0.29, 0.717) is 10.8 Å². The number of pyridine rings is 1. The van der Waals surface area contributed by atoms with E-state index < -0.39 is 17.1 Å². The number of carbonyl (C=O) groups is 1. The Bertz CT molecular complexity index is 1240. The smallest absolute Gasteiger partial charge is 0.273 e. The molecule has 0 spiro atoms. The van der Waals surface area contributed by atoms with Crippen molar-refractivity contribution >= 4 is 17.5 Å². The van der Waals surface area contributed by atoms with Crippen molar-refractivity contribution in [3.05, 3.63) is 89.0 Å². The molecule has 10 heteroatoms. The van der Waals surface area contributed by atoms with Crippen molar-refractivity contribution in [1.82, 2.24) is 35.1 Å². The van der Waals surface area contributed by atoms with Crippen LogP contribution >= 0.6 is 11.6 Å². The first kappa shape index (κ1) is 20.7. The largest absolute Gasteiger partial charge is 0.349 e. The van der Waals surface area contributed by atoms with Crippen LogP contribution in [0.5, 0.6) is 0 Å². The molecular weight excluding hydrogens is 421 g/mol. The number of amides is 1. The Morgan fingerprint density at radius 2 is 1.97 bits per heavy atom. The van der Waals surface area contributed by atoms with Crippen LogP contribution in [-0.2, 0) is 12.5 Å². The normalized spacial score (nSPS) is 13.0. The lowest BCUT2D eigenvalue weighted by Gasteiger charge is -2.28. The van der Waals surface area contributed by atoms with E-state index in [2.05, 4.69) is 25.6 Å². The molecule has 1 atom stereocenters. The van der Waals surface area contributed by atoms with E-state index in [-0.39, 0.29) is 17.9 Å². The lowest BCUT2D eigenvalue weighted by atomic mass is 9.80. The van der Waals surface area contributed by atoms with E-state index in [0.717, 1.165) is 10.4 Å². The van der Waals surface area contributed by atoms with Crippen LogP contribution in [0.2, 0.25) is 5.15 Å². The van der Waals surface area contributed by atoms with Crippen molar-refractivity contribution < 1.29 is 9.18 Å². The topological polar surface area (TPSA) is 90.5 Å². The van der Waals surface area contributed by atoms with Crippen LogP contribution in [0, 0.1) is 5.82 Å². The van der Waals surface area contributed by atoms with Gasteiger partial charge < -0.3 is 5.32 Å². The van der Waals surface area contributed by atoms with E-state index >= 15 is 0 Å². The summed E-state index contributed by atoms with van der Waals surface area (Å²) in [7, 11) is 1.81. The summed E-state index contributed by atoms with van der Waals surface area (Å²) in [5, 5.41) is 15.6. The van der Waals surface area contributed by atoms with Crippen LogP contribution < -0.4 is 5.32 Å². The number of aryl methyl sites for hydroxylation is 1. The van der Waals surface area contributed by atoms with Gasteiger partial charge in [0.25, 0.3) is 5.91 Å². The minimum Gasteiger partial charge on any atom is -0.349 e. The molecule has 0 aliphatic carbocycles. The first-order chi connectivity index (χ1) is 14.9. The number of nitrogens with one attached hydrogen (secondary N) is 1. The highest BCUT2D eigenvalue weighted by atomic mass is 35.5. The quantitative estimate of drug-likeness (QED) is 0.466. The molecular formula is C21H19ClFN7O. The number of benzene rings is 1. The molecule has 0 aliphatic rings. The van der Waals surface area contributed by atoms with Crippen LogP contribution in [0.4, 0.5) is 4.39 Å². The lowest BCUT2D eigenvalue weighted by Crippen LogP contribution is -2.40. The third kappa shape index (κ3) is 4.17. The lowest BCUT2D eigenvalue weighted by molar-refractivity contribution is 0.0941. The molecule has 0 radical (unpaired) electrons. The summed E-state index contributed by atoms with van der Waals surface area (Å²) in [6.07, 6.45) is 4.88. The second-order valence-electron chi connectivity index (χ2n) is 7.23. The molecule has 8 nitrogen and oxygen atoms in total. The van der Waals surface area contributed by atoms with Gasteiger partial charge in [0.2, 0.25) is 0 Å². The fraction of sp³-hybridized carbons (Fsp3) is 0.190. The number of rotatable bonds is 6. The second-order valence-corrected chi connectivity index (χ2v) is 7.62. The standard InChI is InChI=1S/C21H19ClFN7O/c1-21(14-10-25-29(2)12-14,18-8-5-9-19(22)27-18)13-24-20(31)16-11-26-30(28-16)17-7-4-3-6-15(17)23/h3-12H,13H2,1-2H3,(H,24,31). The van der Waals surface area contributed by atoms with Crippen LogP contribution in [0.1, 0.15) is 28.7 Å². The van der Waals surface area contributed by atoms with Crippen LogP contribution in [0.25, 0.3) is 5.69 Å². The Kier molecular flexibility index (Phi) is 5.51. The molecule has 158 valence electrons. The van der Waals surface area contributed by atoms with Crippen molar-refractivity contribution in [3.63, 3.8) is 0 Å². The van der Waals surface area contributed by atoms with Gasteiger partial charge in [-0.3, -0.25) is 9.48 Å². The summed E-state index contributed by atoms with van der Waals surface area (Å²) in [6.45, 7) is 2.15. The van der Waals surface area contributed by atoms with Gasteiger partial charge in [-0.15, -0.1) is 9.90 Å². The fourth-order valence-electron chi connectivity index (χ4n) is 3.21. The molecule has 1 amide bonds. The highest BCUT2D eigenvalue weighted by Gasteiger charge is 2.33. The number of carbonyl (C=O) groups excluding carboxylic acids is 1. The Morgan fingerprint density at radius 3 is 2.68 bits per heavy atom. The molecule has 0 saturated carbocycles. The Hall–Kier alpha value is -3.59. The Labute approximate surface area is 182 Å². The number of halogens is 2. The van der Waals surface area contributed by atoms with Crippen molar-refractivity contribution in [3.8, 4) is 5.69 Å². The van der Waals surface area contributed by atoms with Gasteiger partial charge in [0, 0.05) is 25.4 Å². The summed E-state index contributed by atoms with van der Waals surface area (Å²) in [4.78, 5) is 18.3. The number of hydrogen-bond acceptors (Lipinski definition) is 5. The average Bonchev–Trinajstić information content (AvgIpc) is 3.42. The van der Waals surface area contributed by atoms with Gasteiger partial charge in [-0.05, 0) is 31.2 Å². The first-order valence-corrected chi connectivity index (χ1v) is 9.82. The third-order valence-corrected chi connectivity index (χ3v) is 5.23. The molecule has 0 fully saturated rings. The predicted octanol–water partition coefficient (Wildman–Crippen LogP) is 2.92. The monoisotopic (exact) mass is 439 g/mol. The van der Waals surface area contributed by atoms with E-state index in [1.165, 1.54) is 18.3 Å². The van der Waals surface area contributed by atoms with Gasteiger partial charge in [-0.2, -0.15) is 10.2 Å².